The summed E-state index contributed by atoms with van der Waals surface area (Å²) >= 11 is 0. The van der Waals surface area contributed by atoms with E-state index in [1.807, 2.05) is 38.6 Å². The van der Waals surface area contributed by atoms with Crippen LogP contribution in [-0.2, 0) is 21.6 Å². The second kappa shape index (κ2) is 9.10. The number of rotatable bonds is 4. The summed E-state index contributed by atoms with van der Waals surface area (Å²) in [6.07, 6.45) is 5.70. The van der Waals surface area contributed by atoms with Crippen molar-refractivity contribution >= 4 is 38.5 Å². The molecule has 1 aromatic carbocycles. The number of fused-ring (bicyclic) bond motifs is 1. The van der Waals surface area contributed by atoms with E-state index in [4.69, 9.17) is 4.74 Å². The number of likely N-dealkylation sites (tertiary alicyclic amines) is 1. The van der Waals surface area contributed by atoms with Gasteiger partial charge in [0.05, 0.1) is 16.1 Å². The zero-order valence-electron chi connectivity index (χ0n) is 20.5. The van der Waals surface area contributed by atoms with Gasteiger partial charge < -0.3 is 19.5 Å². The number of aromatic nitrogens is 3. The summed E-state index contributed by atoms with van der Waals surface area (Å²) < 4.78 is 45.4. The van der Waals surface area contributed by atoms with Crippen LogP contribution < -0.4 is 5.32 Å². The molecule has 0 radical (unpaired) electrons. The molecule has 1 N–H and O–H groups in total. The Hall–Kier alpha value is -3.21. The minimum atomic E-state index is -3.51. The molecular weight excluding hydrogens is 473 g/mol. The number of halogens is 1. The molecule has 1 saturated heterocycles. The van der Waals surface area contributed by atoms with E-state index in [-0.39, 0.29) is 22.6 Å². The number of carbonyl (C=O) groups excluding carboxylic acids is 1. The number of anilines is 2. The highest BCUT2D eigenvalue weighted by molar-refractivity contribution is 7.90. The highest BCUT2D eigenvalue weighted by Gasteiger charge is 2.29. The molecule has 0 aliphatic carbocycles. The van der Waals surface area contributed by atoms with Crippen molar-refractivity contribution < 1.29 is 22.3 Å². The molecule has 0 unspecified atom stereocenters. The van der Waals surface area contributed by atoms with Crippen molar-refractivity contribution in [1.82, 2.24) is 19.4 Å². The lowest BCUT2D eigenvalue weighted by Crippen LogP contribution is -2.41. The second-order valence-electron chi connectivity index (χ2n) is 9.90. The van der Waals surface area contributed by atoms with Gasteiger partial charge in [-0.15, -0.1) is 0 Å². The van der Waals surface area contributed by atoms with Crippen LogP contribution in [0, 0.1) is 5.82 Å². The van der Waals surface area contributed by atoms with Crippen molar-refractivity contribution in [3.8, 4) is 0 Å². The largest absolute Gasteiger partial charge is 0.444 e. The molecule has 9 nitrogen and oxygen atoms in total. The van der Waals surface area contributed by atoms with Gasteiger partial charge in [0.25, 0.3) is 0 Å². The molecule has 4 rings (SSSR count). The Labute approximate surface area is 204 Å². The standard InChI is InChI=1S/C24H30FN5O4S/c1-24(2,3)34-23(31)30-10-8-15(9-11-30)17-13-29(4)21-20(17)26-14-27-22(21)28-19-7-6-16(12-18(19)25)35(5,32)33/h6-7,12-15H,8-11H2,1-5H3,(H,26,27,28). The molecule has 0 bridgehead atoms. The lowest BCUT2D eigenvalue weighted by Gasteiger charge is -2.33. The van der Waals surface area contributed by atoms with E-state index < -0.39 is 21.3 Å². The van der Waals surface area contributed by atoms with Crippen LogP contribution in [0.3, 0.4) is 0 Å². The zero-order chi connectivity index (χ0) is 25.5. The number of hydrogen-bond acceptors (Lipinski definition) is 7. The first-order chi connectivity index (χ1) is 16.3. The van der Waals surface area contributed by atoms with Crippen LogP contribution in [0.15, 0.2) is 35.6 Å². The molecular formula is C24H30FN5O4S. The fourth-order valence-electron chi connectivity index (χ4n) is 4.30. The molecule has 3 aromatic rings. The van der Waals surface area contributed by atoms with E-state index in [9.17, 15) is 17.6 Å². The molecule has 188 valence electrons. The van der Waals surface area contributed by atoms with E-state index >= 15 is 0 Å². The Morgan fingerprint density at radius 2 is 1.89 bits per heavy atom. The van der Waals surface area contributed by atoms with Gasteiger partial charge in [0.1, 0.15) is 23.3 Å². The Kier molecular flexibility index (Phi) is 6.48. The molecule has 1 amide bonds. The molecule has 35 heavy (non-hydrogen) atoms. The number of hydrogen-bond donors (Lipinski definition) is 1. The summed E-state index contributed by atoms with van der Waals surface area (Å²) in [6.45, 7) is 6.73. The average molecular weight is 504 g/mol. The molecule has 0 saturated carbocycles. The van der Waals surface area contributed by atoms with Gasteiger partial charge in [-0.05, 0) is 63.3 Å². The Balaban J connectivity index is 1.56. The molecule has 0 atom stereocenters. The lowest BCUT2D eigenvalue weighted by atomic mass is 9.90. The minimum absolute atomic E-state index is 0.0905. The van der Waals surface area contributed by atoms with Crippen LogP contribution >= 0.6 is 0 Å². The van der Waals surface area contributed by atoms with Crippen molar-refractivity contribution in [2.24, 2.45) is 7.05 Å². The van der Waals surface area contributed by atoms with Gasteiger partial charge in [-0.25, -0.2) is 27.6 Å². The van der Waals surface area contributed by atoms with Crippen LogP contribution in [0.1, 0.15) is 45.1 Å². The summed E-state index contributed by atoms with van der Waals surface area (Å²) in [6, 6.07) is 3.73. The first-order valence-electron chi connectivity index (χ1n) is 11.4. The Morgan fingerprint density at radius 1 is 1.20 bits per heavy atom. The molecule has 1 fully saturated rings. The summed E-state index contributed by atoms with van der Waals surface area (Å²) in [4.78, 5) is 22.9. The topological polar surface area (TPSA) is 106 Å². The summed E-state index contributed by atoms with van der Waals surface area (Å²) in [7, 11) is -1.64. The number of carbonyl (C=O) groups is 1. The number of nitrogens with one attached hydrogen (secondary N) is 1. The van der Waals surface area contributed by atoms with E-state index in [1.165, 1.54) is 18.5 Å². The van der Waals surface area contributed by atoms with Crippen molar-refractivity contribution in [2.75, 3.05) is 24.7 Å². The number of amides is 1. The fourth-order valence-corrected chi connectivity index (χ4v) is 4.94. The van der Waals surface area contributed by atoms with E-state index in [0.717, 1.165) is 36.2 Å². The van der Waals surface area contributed by atoms with Crippen LogP contribution in [0.4, 0.5) is 20.7 Å². The third-order valence-electron chi connectivity index (χ3n) is 5.99. The minimum Gasteiger partial charge on any atom is -0.444 e. The summed E-state index contributed by atoms with van der Waals surface area (Å²) in [5.41, 5.74) is 2.10. The van der Waals surface area contributed by atoms with Crippen LogP contribution in [0.2, 0.25) is 0 Å². The van der Waals surface area contributed by atoms with Crippen LogP contribution in [0.25, 0.3) is 11.0 Å². The fraction of sp³-hybridized carbons (Fsp3) is 0.458. The average Bonchev–Trinajstić information content (AvgIpc) is 3.11. The predicted octanol–water partition coefficient (Wildman–Crippen LogP) is 4.37. The van der Waals surface area contributed by atoms with Gasteiger partial charge in [0.15, 0.2) is 15.7 Å². The van der Waals surface area contributed by atoms with Crippen molar-refractivity contribution in [2.45, 2.75) is 50.0 Å². The van der Waals surface area contributed by atoms with E-state index in [2.05, 4.69) is 15.3 Å². The summed E-state index contributed by atoms with van der Waals surface area (Å²) in [5.74, 6) is -0.0736. The monoisotopic (exact) mass is 503 g/mol. The number of benzene rings is 1. The second-order valence-corrected chi connectivity index (χ2v) is 11.9. The summed E-state index contributed by atoms with van der Waals surface area (Å²) in [5, 5.41) is 2.98. The highest BCUT2D eigenvalue weighted by atomic mass is 32.2. The maximum Gasteiger partial charge on any atom is 0.410 e. The number of ether oxygens (including phenoxy) is 1. The predicted molar refractivity (Wildman–Crippen MR) is 131 cm³/mol. The lowest BCUT2D eigenvalue weighted by molar-refractivity contribution is 0.0205. The van der Waals surface area contributed by atoms with Crippen molar-refractivity contribution in [1.29, 1.82) is 0 Å². The van der Waals surface area contributed by atoms with Crippen molar-refractivity contribution in [3.05, 3.63) is 42.1 Å². The molecule has 1 aliphatic rings. The number of aryl methyl sites for hydroxylation is 1. The molecule has 3 heterocycles. The van der Waals surface area contributed by atoms with Gasteiger partial charge in [-0.2, -0.15) is 0 Å². The van der Waals surface area contributed by atoms with Crippen LogP contribution in [0.5, 0.6) is 0 Å². The van der Waals surface area contributed by atoms with Gasteiger partial charge in [0, 0.05) is 32.6 Å². The molecule has 0 spiro atoms. The quantitative estimate of drug-likeness (QED) is 0.563. The SMILES string of the molecule is Cn1cc(C2CCN(C(=O)OC(C)(C)C)CC2)c2ncnc(Nc3ccc(S(C)(=O)=O)cc3F)c21. The Morgan fingerprint density at radius 3 is 2.49 bits per heavy atom. The first-order valence-corrected chi connectivity index (χ1v) is 13.3. The Bertz CT molecular complexity index is 1370. The molecule has 11 heteroatoms. The number of sulfone groups is 1. The smallest absolute Gasteiger partial charge is 0.410 e. The molecule has 1 aliphatic heterocycles. The van der Waals surface area contributed by atoms with Gasteiger partial charge in [-0.1, -0.05) is 0 Å². The number of nitrogens with zero attached hydrogens (tertiary/aromatic N) is 4. The highest BCUT2D eigenvalue weighted by Crippen LogP contribution is 2.36. The zero-order valence-corrected chi connectivity index (χ0v) is 21.3. The third kappa shape index (κ3) is 5.39. The number of piperidine rings is 1. The maximum absolute atomic E-state index is 14.6. The van der Waals surface area contributed by atoms with Gasteiger partial charge in [-0.3, -0.25) is 0 Å². The maximum atomic E-state index is 14.6. The molecule has 2 aromatic heterocycles. The van der Waals surface area contributed by atoms with Gasteiger partial charge in [0.2, 0.25) is 0 Å². The van der Waals surface area contributed by atoms with E-state index in [1.54, 1.807) is 4.90 Å². The van der Waals surface area contributed by atoms with Crippen LogP contribution in [-0.4, -0.2) is 58.9 Å². The van der Waals surface area contributed by atoms with Crippen molar-refractivity contribution in [3.63, 3.8) is 0 Å². The van der Waals surface area contributed by atoms with Gasteiger partial charge >= 0.3 is 6.09 Å². The van der Waals surface area contributed by atoms with E-state index in [0.29, 0.717) is 24.4 Å². The normalized spacial score (nSPS) is 15.4. The third-order valence-corrected chi connectivity index (χ3v) is 7.10. The first kappa shape index (κ1) is 24.9.